The van der Waals surface area contributed by atoms with E-state index in [4.69, 9.17) is 5.73 Å². The quantitative estimate of drug-likeness (QED) is 0.883. The summed E-state index contributed by atoms with van der Waals surface area (Å²) in [5.74, 6) is 0.187. The van der Waals surface area contributed by atoms with Crippen molar-refractivity contribution in [2.24, 2.45) is 5.73 Å². The lowest BCUT2D eigenvalue weighted by Gasteiger charge is -2.19. The zero-order valence-electron chi connectivity index (χ0n) is 10.7. The molecule has 0 atom stereocenters. The molecule has 1 aromatic rings. The SMILES string of the molecule is NC1(Cc2ccccc2C(=O)N2CCCC2)CC1. The first-order valence-corrected chi connectivity index (χ1v) is 6.84. The molecule has 1 aromatic carbocycles. The van der Waals surface area contributed by atoms with Gasteiger partial charge in [-0.2, -0.15) is 0 Å². The topological polar surface area (TPSA) is 46.3 Å². The molecule has 1 amide bonds. The highest BCUT2D eigenvalue weighted by atomic mass is 16.2. The van der Waals surface area contributed by atoms with Gasteiger partial charge in [-0.15, -0.1) is 0 Å². The van der Waals surface area contributed by atoms with Crippen LogP contribution in [0.3, 0.4) is 0 Å². The lowest BCUT2D eigenvalue weighted by atomic mass is 9.98. The van der Waals surface area contributed by atoms with Crippen molar-refractivity contribution in [3.05, 3.63) is 35.4 Å². The summed E-state index contributed by atoms with van der Waals surface area (Å²) in [6.07, 6.45) is 5.27. The van der Waals surface area contributed by atoms with E-state index in [1.807, 2.05) is 23.1 Å². The Balaban J connectivity index is 1.83. The maximum atomic E-state index is 12.5. The van der Waals surface area contributed by atoms with Gasteiger partial charge in [-0.05, 0) is 43.7 Å². The smallest absolute Gasteiger partial charge is 0.254 e. The van der Waals surface area contributed by atoms with E-state index in [-0.39, 0.29) is 11.4 Å². The average molecular weight is 244 g/mol. The largest absolute Gasteiger partial charge is 0.339 e. The number of hydrogen-bond acceptors (Lipinski definition) is 2. The normalized spacial score (nSPS) is 21.1. The van der Waals surface area contributed by atoms with Crippen molar-refractivity contribution < 1.29 is 4.79 Å². The molecule has 0 spiro atoms. The number of carbonyl (C=O) groups is 1. The van der Waals surface area contributed by atoms with Crippen LogP contribution in [0.1, 0.15) is 41.6 Å². The molecule has 0 aromatic heterocycles. The number of nitrogens with two attached hydrogens (primary N) is 1. The van der Waals surface area contributed by atoms with Gasteiger partial charge in [0.05, 0.1) is 0 Å². The highest BCUT2D eigenvalue weighted by Crippen LogP contribution is 2.36. The van der Waals surface area contributed by atoms with E-state index in [1.165, 1.54) is 0 Å². The van der Waals surface area contributed by atoms with Crippen molar-refractivity contribution in [1.82, 2.24) is 4.90 Å². The van der Waals surface area contributed by atoms with E-state index >= 15 is 0 Å². The Morgan fingerprint density at radius 1 is 1.22 bits per heavy atom. The molecule has 0 radical (unpaired) electrons. The lowest BCUT2D eigenvalue weighted by Crippen LogP contribution is -2.30. The molecule has 0 unspecified atom stereocenters. The van der Waals surface area contributed by atoms with Gasteiger partial charge in [-0.3, -0.25) is 4.79 Å². The van der Waals surface area contributed by atoms with Crippen LogP contribution in [0.15, 0.2) is 24.3 Å². The second-order valence-corrected chi connectivity index (χ2v) is 5.70. The molecule has 18 heavy (non-hydrogen) atoms. The second kappa shape index (κ2) is 4.39. The van der Waals surface area contributed by atoms with Gasteiger partial charge in [0.25, 0.3) is 5.91 Å². The molecule has 2 aliphatic rings. The van der Waals surface area contributed by atoms with Crippen LogP contribution in [0, 0.1) is 0 Å². The molecule has 1 aliphatic carbocycles. The Hall–Kier alpha value is -1.35. The van der Waals surface area contributed by atoms with Crippen LogP contribution in [-0.4, -0.2) is 29.4 Å². The molecule has 2 N–H and O–H groups in total. The van der Waals surface area contributed by atoms with Gasteiger partial charge in [0.1, 0.15) is 0 Å². The van der Waals surface area contributed by atoms with Crippen molar-refractivity contribution in [3.8, 4) is 0 Å². The van der Waals surface area contributed by atoms with Crippen LogP contribution >= 0.6 is 0 Å². The third-order valence-electron chi connectivity index (χ3n) is 4.08. The summed E-state index contributed by atoms with van der Waals surface area (Å²) in [5.41, 5.74) is 8.11. The van der Waals surface area contributed by atoms with E-state index in [9.17, 15) is 4.79 Å². The molecule has 1 aliphatic heterocycles. The van der Waals surface area contributed by atoms with Crippen LogP contribution in [0.2, 0.25) is 0 Å². The van der Waals surface area contributed by atoms with Gasteiger partial charge in [0, 0.05) is 24.2 Å². The summed E-state index contributed by atoms with van der Waals surface area (Å²) in [5, 5.41) is 0. The monoisotopic (exact) mass is 244 g/mol. The molecular weight excluding hydrogens is 224 g/mol. The van der Waals surface area contributed by atoms with Crippen molar-refractivity contribution in [3.63, 3.8) is 0 Å². The highest BCUT2D eigenvalue weighted by Gasteiger charge is 2.39. The van der Waals surface area contributed by atoms with Gasteiger partial charge in [0.2, 0.25) is 0 Å². The summed E-state index contributed by atoms with van der Waals surface area (Å²) < 4.78 is 0. The molecule has 2 fully saturated rings. The maximum Gasteiger partial charge on any atom is 0.254 e. The third kappa shape index (κ3) is 2.27. The molecule has 0 bridgehead atoms. The number of nitrogens with zero attached hydrogens (tertiary/aromatic N) is 1. The Kier molecular flexibility index (Phi) is 2.86. The van der Waals surface area contributed by atoms with E-state index in [0.717, 1.165) is 56.3 Å². The number of hydrogen-bond donors (Lipinski definition) is 1. The van der Waals surface area contributed by atoms with Crippen molar-refractivity contribution >= 4 is 5.91 Å². The minimum atomic E-state index is -0.0403. The second-order valence-electron chi connectivity index (χ2n) is 5.70. The summed E-state index contributed by atoms with van der Waals surface area (Å²) >= 11 is 0. The van der Waals surface area contributed by atoms with Crippen LogP contribution in [0.5, 0.6) is 0 Å². The van der Waals surface area contributed by atoms with Crippen molar-refractivity contribution in [2.45, 2.75) is 37.6 Å². The first kappa shape index (κ1) is 11.7. The standard InChI is InChI=1S/C15H20N2O/c16-15(7-8-15)11-12-5-1-2-6-13(12)14(18)17-9-3-4-10-17/h1-2,5-6H,3-4,7-11,16H2. The summed E-state index contributed by atoms with van der Waals surface area (Å²) in [4.78, 5) is 14.4. The zero-order valence-corrected chi connectivity index (χ0v) is 10.7. The lowest BCUT2D eigenvalue weighted by molar-refractivity contribution is 0.0791. The maximum absolute atomic E-state index is 12.5. The van der Waals surface area contributed by atoms with Crippen LogP contribution < -0.4 is 5.73 Å². The molecule has 3 nitrogen and oxygen atoms in total. The van der Waals surface area contributed by atoms with Crippen LogP contribution in [-0.2, 0) is 6.42 Å². The first-order chi connectivity index (χ1) is 8.68. The van der Waals surface area contributed by atoms with Crippen molar-refractivity contribution in [2.75, 3.05) is 13.1 Å². The predicted octanol–water partition coefficient (Wildman–Crippen LogP) is 1.96. The fraction of sp³-hybridized carbons (Fsp3) is 0.533. The number of rotatable bonds is 3. The predicted molar refractivity (Wildman–Crippen MR) is 71.4 cm³/mol. The third-order valence-corrected chi connectivity index (χ3v) is 4.08. The van der Waals surface area contributed by atoms with Gasteiger partial charge in [-0.1, -0.05) is 18.2 Å². The Morgan fingerprint density at radius 2 is 1.89 bits per heavy atom. The van der Waals surface area contributed by atoms with Crippen LogP contribution in [0.4, 0.5) is 0 Å². The summed E-state index contributed by atoms with van der Waals surface area (Å²) in [7, 11) is 0. The number of benzene rings is 1. The van der Waals surface area contributed by atoms with Gasteiger partial charge >= 0.3 is 0 Å². The molecule has 3 rings (SSSR count). The molecule has 3 heteroatoms. The molecule has 96 valence electrons. The Bertz CT molecular complexity index is 459. The summed E-state index contributed by atoms with van der Waals surface area (Å²) in [6, 6.07) is 7.95. The average Bonchev–Trinajstić information content (AvgIpc) is 2.91. The van der Waals surface area contributed by atoms with E-state index in [2.05, 4.69) is 6.07 Å². The number of likely N-dealkylation sites (tertiary alicyclic amines) is 1. The number of amides is 1. The van der Waals surface area contributed by atoms with E-state index in [1.54, 1.807) is 0 Å². The minimum absolute atomic E-state index is 0.0403. The van der Waals surface area contributed by atoms with Crippen LogP contribution in [0.25, 0.3) is 0 Å². The molecule has 1 saturated heterocycles. The molecular formula is C15H20N2O. The fourth-order valence-electron chi connectivity index (χ4n) is 2.69. The summed E-state index contributed by atoms with van der Waals surface area (Å²) in [6.45, 7) is 1.81. The van der Waals surface area contributed by atoms with E-state index < -0.39 is 0 Å². The molecule has 1 saturated carbocycles. The van der Waals surface area contributed by atoms with Gasteiger partial charge in [-0.25, -0.2) is 0 Å². The zero-order chi connectivity index (χ0) is 12.6. The first-order valence-electron chi connectivity index (χ1n) is 6.84. The van der Waals surface area contributed by atoms with Crippen molar-refractivity contribution in [1.29, 1.82) is 0 Å². The highest BCUT2D eigenvalue weighted by molar-refractivity contribution is 5.95. The minimum Gasteiger partial charge on any atom is -0.339 e. The fourth-order valence-corrected chi connectivity index (χ4v) is 2.69. The van der Waals surface area contributed by atoms with Gasteiger partial charge in [0.15, 0.2) is 0 Å². The Labute approximate surface area is 108 Å². The van der Waals surface area contributed by atoms with E-state index in [0.29, 0.717) is 0 Å². The Morgan fingerprint density at radius 3 is 2.56 bits per heavy atom. The molecule has 1 heterocycles. The number of carbonyl (C=O) groups excluding carboxylic acids is 1. The van der Waals surface area contributed by atoms with Gasteiger partial charge < -0.3 is 10.6 Å².